The van der Waals surface area contributed by atoms with Gasteiger partial charge in [-0.05, 0) is 22.0 Å². The SMILES string of the molecule is CC(C)(C)c1ccccc1C(C)(C)C.O=S. The molecule has 0 saturated heterocycles. The van der Waals surface area contributed by atoms with Crippen LogP contribution in [-0.4, -0.2) is 4.21 Å². The highest BCUT2D eigenvalue weighted by Crippen LogP contribution is 2.33. The van der Waals surface area contributed by atoms with Crippen LogP contribution in [0.15, 0.2) is 24.3 Å². The zero-order valence-corrected chi connectivity index (χ0v) is 11.9. The van der Waals surface area contributed by atoms with Crippen molar-refractivity contribution in [3.8, 4) is 0 Å². The van der Waals surface area contributed by atoms with Crippen LogP contribution in [-0.2, 0) is 23.4 Å². The molecule has 1 nitrogen and oxygen atoms in total. The van der Waals surface area contributed by atoms with E-state index in [1.165, 1.54) is 11.1 Å². The molecule has 0 aliphatic heterocycles. The molecule has 0 N–H and O–H groups in total. The fourth-order valence-electron chi connectivity index (χ4n) is 1.79. The lowest BCUT2D eigenvalue weighted by molar-refractivity contribution is 0.530. The highest BCUT2D eigenvalue weighted by molar-refractivity contribution is 7.44. The predicted octanol–water partition coefficient (Wildman–Crippen LogP) is 3.95. The first-order valence-electron chi connectivity index (χ1n) is 5.49. The van der Waals surface area contributed by atoms with Crippen LogP contribution in [0.25, 0.3) is 0 Å². The molecule has 0 atom stereocenters. The largest absolute Gasteiger partial charge is 0.197 e. The average molecular weight is 238 g/mol. The molecule has 16 heavy (non-hydrogen) atoms. The normalized spacial score (nSPS) is 11.6. The van der Waals surface area contributed by atoms with Crippen LogP contribution in [0.5, 0.6) is 0 Å². The highest BCUT2D eigenvalue weighted by atomic mass is 32.1. The maximum atomic E-state index is 7.83. The molecular formula is C14H22OS. The second-order valence-electron chi connectivity index (χ2n) is 6.05. The number of benzene rings is 1. The average Bonchev–Trinajstić information content (AvgIpc) is 2.18. The van der Waals surface area contributed by atoms with Gasteiger partial charge in [0.25, 0.3) is 0 Å². The molecule has 90 valence electrons. The molecule has 1 aromatic rings. The minimum absolute atomic E-state index is 0.240. The van der Waals surface area contributed by atoms with Crippen molar-refractivity contribution in [2.75, 3.05) is 0 Å². The van der Waals surface area contributed by atoms with Gasteiger partial charge in [0.15, 0.2) is 12.5 Å². The summed E-state index contributed by atoms with van der Waals surface area (Å²) in [6.07, 6.45) is 0. The van der Waals surface area contributed by atoms with Crippen LogP contribution in [0.3, 0.4) is 0 Å². The molecular weight excluding hydrogens is 216 g/mol. The molecule has 0 radical (unpaired) electrons. The molecule has 0 amide bonds. The standard InChI is InChI=1S/C14H22.OS/c1-13(2,3)11-9-7-8-10-12(11)14(4,5)6;1-2/h7-10H,1-6H3;. The first-order valence-corrected chi connectivity index (χ1v) is 5.83. The highest BCUT2D eigenvalue weighted by Gasteiger charge is 2.23. The minimum Gasteiger partial charge on any atom is -0.197 e. The van der Waals surface area contributed by atoms with Gasteiger partial charge in [0, 0.05) is 0 Å². The topological polar surface area (TPSA) is 17.1 Å². The van der Waals surface area contributed by atoms with Gasteiger partial charge in [0.2, 0.25) is 0 Å². The van der Waals surface area contributed by atoms with Crippen molar-refractivity contribution < 1.29 is 4.21 Å². The van der Waals surface area contributed by atoms with E-state index in [4.69, 9.17) is 4.21 Å². The van der Waals surface area contributed by atoms with Gasteiger partial charge in [-0.15, -0.1) is 0 Å². The lowest BCUT2D eigenvalue weighted by atomic mass is 9.75. The Hall–Kier alpha value is -0.760. The van der Waals surface area contributed by atoms with E-state index < -0.39 is 0 Å². The second-order valence-corrected chi connectivity index (χ2v) is 6.05. The molecule has 1 rings (SSSR count). The number of hydrogen-bond donors (Lipinski definition) is 0. The van der Waals surface area contributed by atoms with Gasteiger partial charge in [0.1, 0.15) is 0 Å². The van der Waals surface area contributed by atoms with E-state index in [9.17, 15) is 0 Å². The van der Waals surface area contributed by atoms with Gasteiger partial charge >= 0.3 is 0 Å². The monoisotopic (exact) mass is 238 g/mol. The first-order chi connectivity index (χ1) is 7.23. The molecule has 1 aromatic carbocycles. The van der Waals surface area contributed by atoms with Crippen molar-refractivity contribution in [2.45, 2.75) is 52.4 Å². The lowest BCUT2D eigenvalue weighted by Crippen LogP contribution is -2.21. The van der Waals surface area contributed by atoms with Crippen molar-refractivity contribution in [3.05, 3.63) is 35.4 Å². The molecule has 0 aliphatic rings. The smallest absolute Gasteiger partial charge is 0.197 e. The van der Waals surface area contributed by atoms with Crippen LogP contribution in [0.4, 0.5) is 0 Å². The van der Waals surface area contributed by atoms with Gasteiger partial charge in [-0.1, -0.05) is 65.8 Å². The fraction of sp³-hybridized carbons (Fsp3) is 0.571. The summed E-state index contributed by atoms with van der Waals surface area (Å²) in [6, 6.07) is 8.77. The third-order valence-electron chi connectivity index (χ3n) is 2.54. The third kappa shape index (κ3) is 4.01. The Labute approximate surface area is 105 Å². The van der Waals surface area contributed by atoms with Gasteiger partial charge < -0.3 is 0 Å². The molecule has 0 saturated carbocycles. The molecule has 0 aliphatic carbocycles. The minimum atomic E-state index is 0.240. The molecule has 0 heterocycles. The van der Waals surface area contributed by atoms with Crippen LogP contribution in [0.2, 0.25) is 0 Å². The van der Waals surface area contributed by atoms with Crippen molar-refractivity contribution in [1.29, 1.82) is 0 Å². The summed E-state index contributed by atoms with van der Waals surface area (Å²) >= 11 is 2.83. The molecule has 0 spiro atoms. The summed E-state index contributed by atoms with van der Waals surface area (Å²) in [5.41, 5.74) is 3.41. The predicted molar refractivity (Wildman–Crippen MR) is 72.0 cm³/mol. The third-order valence-corrected chi connectivity index (χ3v) is 2.54. The zero-order valence-electron chi connectivity index (χ0n) is 11.1. The van der Waals surface area contributed by atoms with Gasteiger partial charge in [-0.2, -0.15) is 4.21 Å². The Kier molecular flexibility index (Phi) is 5.27. The Balaban J connectivity index is 0.00000106. The summed E-state index contributed by atoms with van der Waals surface area (Å²) in [5.74, 6) is 0. The van der Waals surface area contributed by atoms with Gasteiger partial charge in [0.05, 0.1) is 0 Å². The molecule has 0 fully saturated rings. The summed E-state index contributed by atoms with van der Waals surface area (Å²) < 4.78 is 7.83. The Morgan fingerprint density at radius 3 is 1.19 bits per heavy atom. The van der Waals surface area contributed by atoms with Crippen molar-refractivity contribution in [1.82, 2.24) is 0 Å². The zero-order chi connectivity index (χ0) is 13.0. The molecule has 2 heteroatoms. The molecule has 0 bridgehead atoms. The van der Waals surface area contributed by atoms with Crippen LogP contribution >= 0.6 is 0 Å². The number of hydrogen-bond acceptors (Lipinski definition) is 2. The quantitative estimate of drug-likeness (QED) is 0.681. The van der Waals surface area contributed by atoms with Crippen molar-refractivity contribution >= 4 is 12.5 Å². The van der Waals surface area contributed by atoms with E-state index in [2.05, 4.69) is 78.3 Å². The summed E-state index contributed by atoms with van der Waals surface area (Å²) in [5, 5.41) is 0. The Morgan fingerprint density at radius 1 is 0.750 bits per heavy atom. The second kappa shape index (κ2) is 5.53. The van der Waals surface area contributed by atoms with Gasteiger partial charge in [-0.25, -0.2) is 0 Å². The van der Waals surface area contributed by atoms with Crippen LogP contribution in [0, 0.1) is 0 Å². The molecule has 0 unspecified atom stereocenters. The van der Waals surface area contributed by atoms with Crippen molar-refractivity contribution in [2.24, 2.45) is 0 Å². The summed E-state index contributed by atoms with van der Waals surface area (Å²) in [6.45, 7) is 13.7. The van der Waals surface area contributed by atoms with Gasteiger partial charge in [-0.3, -0.25) is 0 Å². The summed E-state index contributed by atoms with van der Waals surface area (Å²) in [4.78, 5) is 0. The van der Waals surface area contributed by atoms with E-state index in [0.29, 0.717) is 0 Å². The van der Waals surface area contributed by atoms with E-state index in [0.717, 1.165) is 0 Å². The lowest BCUT2D eigenvalue weighted by Gasteiger charge is -2.29. The van der Waals surface area contributed by atoms with E-state index in [1.54, 1.807) is 0 Å². The van der Waals surface area contributed by atoms with Crippen LogP contribution in [0.1, 0.15) is 52.7 Å². The first kappa shape index (κ1) is 15.2. The number of rotatable bonds is 0. The summed E-state index contributed by atoms with van der Waals surface area (Å²) in [7, 11) is 0. The van der Waals surface area contributed by atoms with Crippen LogP contribution < -0.4 is 0 Å². The fourth-order valence-corrected chi connectivity index (χ4v) is 1.79. The van der Waals surface area contributed by atoms with Crippen molar-refractivity contribution in [3.63, 3.8) is 0 Å². The van der Waals surface area contributed by atoms with E-state index >= 15 is 0 Å². The Morgan fingerprint density at radius 2 is 1.00 bits per heavy atom. The van der Waals surface area contributed by atoms with E-state index in [-0.39, 0.29) is 10.8 Å². The maximum absolute atomic E-state index is 7.83. The Bertz CT molecular complexity index is 298. The van der Waals surface area contributed by atoms with E-state index in [1.807, 2.05) is 0 Å². The molecule has 0 aromatic heterocycles. The maximum Gasteiger partial charge on any atom is 0.197 e.